The maximum absolute atomic E-state index is 12.2. The van der Waals surface area contributed by atoms with Gasteiger partial charge in [-0.05, 0) is 52.9 Å². The quantitative estimate of drug-likeness (QED) is 0.825. The molecule has 1 heterocycles. The van der Waals surface area contributed by atoms with Crippen molar-refractivity contribution in [3.63, 3.8) is 0 Å². The molecule has 0 aliphatic carbocycles. The van der Waals surface area contributed by atoms with Gasteiger partial charge >= 0.3 is 0 Å². The predicted molar refractivity (Wildman–Crippen MR) is 81.4 cm³/mol. The summed E-state index contributed by atoms with van der Waals surface area (Å²) in [5.41, 5.74) is 0.248. The second-order valence-electron chi connectivity index (χ2n) is 4.98. The summed E-state index contributed by atoms with van der Waals surface area (Å²) in [7, 11) is -3.83. The average molecular weight is 377 g/mol. The lowest BCUT2D eigenvalue weighted by Gasteiger charge is -2.22. The SMILES string of the molecule is NS(=O)(=O)c1ccc(Br)c(C(=O)NCC2CCCOC2)c1. The molecule has 0 spiro atoms. The summed E-state index contributed by atoms with van der Waals surface area (Å²) in [5, 5.41) is 7.88. The van der Waals surface area contributed by atoms with Crippen LogP contribution in [0.4, 0.5) is 0 Å². The predicted octanol–water partition coefficient (Wildman–Crippen LogP) is 1.25. The second kappa shape index (κ2) is 6.87. The molecular formula is C13H17BrN2O4S. The van der Waals surface area contributed by atoms with E-state index in [-0.39, 0.29) is 16.4 Å². The van der Waals surface area contributed by atoms with Crippen molar-refractivity contribution in [3.8, 4) is 0 Å². The number of hydrogen-bond donors (Lipinski definition) is 2. The number of rotatable bonds is 4. The maximum atomic E-state index is 12.2. The summed E-state index contributed by atoms with van der Waals surface area (Å²) in [6.07, 6.45) is 2.00. The third kappa shape index (κ3) is 4.50. The highest BCUT2D eigenvalue weighted by atomic mass is 79.9. The van der Waals surface area contributed by atoms with Gasteiger partial charge in [0, 0.05) is 17.6 Å². The lowest BCUT2D eigenvalue weighted by molar-refractivity contribution is 0.0536. The summed E-state index contributed by atoms with van der Waals surface area (Å²) in [6.45, 7) is 1.91. The number of carbonyl (C=O) groups is 1. The Morgan fingerprint density at radius 2 is 2.24 bits per heavy atom. The Morgan fingerprint density at radius 1 is 1.48 bits per heavy atom. The van der Waals surface area contributed by atoms with Crippen LogP contribution in [0.3, 0.4) is 0 Å². The second-order valence-corrected chi connectivity index (χ2v) is 7.40. The summed E-state index contributed by atoms with van der Waals surface area (Å²) < 4.78 is 28.5. The van der Waals surface area contributed by atoms with E-state index >= 15 is 0 Å². The molecular weight excluding hydrogens is 360 g/mol. The first-order valence-corrected chi connectivity index (χ1v) is 8.90. The number of benzene rings is 1. The van der Waals surface area contributed by atoms with Gasteiger partial charge < -0.3 is 10.1 Å². The van der Waals surface area contributed by atoms with E-state index in [1.54, 1.807) is 0 Å². The maximum Gasteiger partial charge on any atom is 0.252 e. The van der Waals surface area contributed by atoms with Crippen molar-refractivity contribution in [1.82, 2.24) is 5.32 Å². The zero-order valence-corrected chi connectivity index (χ0v) is 13.7. The molecule has 1 aromatic rings. The van der Waals surface area contributed by atoms with E-state index in [2.05, 4.69) is 21.2 Å². The van der Waals surface area contributed by atoms with Gasteiger partial charge in [0.05, 0.1) is 17.1 Å². The fourth-order valence-electron chi connectivity index (χ4n) is 2.16. The molecule has 1 amide bonds. The highest BCUT2D eigenvalue weighted by molar-refractivity contribution is 9.10. The third-order valence-corrected chi connectivity index (χ3v) is 4.92. The Morgan fingerprint density at radius 3 is 2.86 bits per heavy atom. The Labute approximate surface area is 132 Å². The normalized spacial score (nSPS) is 19.2. The summed E-state index contributed by atoms with van der Waals surface area (Å²) >= 11 is 3.24. The molecule has 1 fully saturated rings. The third-order valence-electron chi connectivity index (χ3n) is 3.32. The van der Waals surface area contributed by atoms with Crippen LogP contribution in [-0.2, 0) is 14.8 Å². The molecule has 116 valence electrons. The number of carbonyl (C=O) groups excluding carboxylic acids is 1. The van der Waals surface area contributed by atoms with Gasteiger partial charge in [0.15, 0.2) is 0 Å². The number of sulfonamides is 1. The van der Waals surface area contributed by atoms with Gasteiger partial charge in [0.2, 0.25) is 10.0 Å². The minimum Gasteiger partial charge on any atom is -0.381 e. The molecule has 0 bridgehead atoms. The van der Waals surface area contributed by atoms with Crippen LogP contribution < -0.4 is 10.5 Å². The van der Waals surface area contributed by atoms with E-state index in [1.165, 1.54) is 18.2 Å². The van der Waals surface area contributed by atoms with Gasteiger partial charge in [0.25, 0.3) is 5.91 Å². The summed E-state index contributed by atoms with van der Waals surface area (Å²) in [6, 6.07) is 4.12. The van der Waals surface area contributed by atoms with E-state index in [9.17, 15) is 13.2 Å². The highest BCUT2D eigenvalue weighted by Crippen LogP contribution is 2.21. The zero-order chi connectivity index (χ0) is 15.5. The van der Waals surface area contributed by atoms with E-state index in [4.69, 9.17) is 9.88 Å². The fraction of sp³-hybridized carbons (Fsp3) is 0.462. The van der Waals surface area contributed by atoms with Crippen molar-refractivity contribution in [2.75, 3.05) is 19.8 Å². The van der Waals surface area contributed by atoms with Crippen LogP contribution in [0.2, 0.25) is 0 Å². The Bertz CT molecular complexity index is 627. The van der Waals surface area contributed by atoms with E-state index in [0.717, 1.165) is 19.4 Å². The standard InChI is InChI=1S/C13H17BrN2O4S/c14-12-4-3-10(21(15,18)19)6-11(12)13(17)16-7-9-2-1-5-20-8-9/h3-4,6,9H,1-2,5,7-8H2,(H,16,17)(H2,15,18,19). The van der Waals surface area contributed by atoms with Gasteiger partial charge in [-0.3, -0.25) is 4.79 Å². The number of primary sulfonamides is 1. The molecule has 0 aromatic heterocycles. The fourth-order valence-corrected chi connectivity index (χ4v) is 3.12. The van der Waals surface area contributed by atoms with Crippen molar-refractivity contribution in [2.24, 2.45) is 11.1 Å². The smallest absolute Gasteiger partial charge is 0.252 e. The molecule has 1 aliphatic heterocycles. The zero-order valence-electron chi connectivity index (χ0n) is 11.3. The van der Waals surface area contributed by atoms with Crippen LogP contribution in [0.25, 0.3) is 0 Å². The average Bonchev–Trinajstić information content (AvgIpc) is 2.45. The van der Waals surface area contributed by atoms with E-state index in [0.29, 0.717) is 23.5 Å². The van der Waals surface area contributed by atoms with Gasteiger partial charge in [0.1, 0.15) is 0 Å². The van der Waals surface area contributed by atoms with Crippen molar-refractivity contribution in [1.29, 1.82) is 0 Å². The van der Waals surface area contributed by atoms with Crippen LogP contribution in [0, 0.1) is 5.92 Å². The van der Waals surface area contributed by atoms with Crippen molar-refractivity contribution >= 4 is 31.9 Å². The first-order chi connectivity index (χ1) is 9.88. The summed E-state index contributed by atoms with van der Waals surface area (Å²) in [4.78, 5) is 12.1. The molecule has 1 aromatic carbocycles. The van der Waals surface area contributed by atoms with Crippen LogP contribution in [0.1, 0.15) is 23.2 Å². The molecule has 1 saturated heterocycles. The molecule has 1 atom stereocenters. The molecule has 21 heavy (non-hydrogen) atoms. The highest BCUT2D eigenvalue weighted by Gasteiger charge is 2.18. The van der Waals surface area contributed by atoms with E-state index in [1.807, 2.05) is 0 Å². The van der Waals surface area contributed by atoms with Crippen molar-refractivity contribution < 1.29 is 17.9 Å². The van der Waals surface area contributed by atoms with Gasteiger partial charge in [-0.25, -0.2) is 13.6 Å². The number of nitrogens with two attached hydrogens (primary N) is 1. The molecule has 0 saturated carbocycles. The number of nitrogens with one attached hydrogen (secondary N) is 1. The van der Waals surface area contributed by atoms with Crippen LogP contribution in [0.15, 0.2) is 27.6 Å². The number of amides is 1. The lowest BCUT2D eigenvalue weighted by Crippen LogP contribution is -2.33. The van der Waals surface area contributed by atoms with Gasteiger partial charge in [-0.2, -0.15) is 0 Å². The van der Waals surface area contributed by atoms with Crippen LogP contribution in [-0.4, -0.2) is 34.1 Å². The minimum absolute atomic E-state index is 0.0863. The first kappa shape index (κ1) is 16.4. The number of ether oxygens (including phenoxy) is 1. The monoisotopic (exact) mass is 376 g/mol. The van der Waals surface area contributed by atoms with Crippen LogP contribution in [0.5, 0.6) is 0 Å². The van der Waals surface area contributed by atoms with Gasteiger partial charge in [-0.15, -0.1) is 0 Å². The van der Waals surface area contributed by atoms with Gasteiger partial charge in [-0.1, -0.05) is 0 Å². The molecule has 3 N–H and O–H groups in total. The first-order valence-electron chi connectivity index (χ1n) is 6.56. The Kier molecular flexibility index (Phi) is 5.37. The molecule has 2 rings (SSSR count). The number of hydrogen-bond acceptors (Lipinski definition) is 4. The Hall–Kier alpha value is -0.960. The van der Waals surface area contributed by atoms with Crippen LogP contribution >= 0.6 is 15.9 Å². The van der Waals surface area contributed by atoms with Crippen molar-refractivity contribution in [3.05, 3.63) is 28.2 Å². The van der Waals surface area contributed by atoms with E-state index < -0.39 is 10.0 Å². The number of halogens is 1. The molecule has 6 nitrogen and oxygen atoms in total. The molecule has 8 heteroatoms. The minimum atomic E-state index is -3.83. The molecule has 1 aliphatic rings. The molecule has 0 radical (unpaired) electrons. The topological polar surface area (TPSA) is 98.5 Å². The van der Waals surface area contributed by atoms with Crippen molar-refractivity contribution in [2.45, 2.75) is 17.7 Å². The lowest BCUT2D eigenvalue weighted by atomic mass is 10.0. The summed E-state index contributed by atoms with van der Waals surface area (Å²) in [5.74, 6) is -0.0409. The largest absolute Gasteiger partial charge is 0.381 e. The molecule has 1 unspecified atom stereocenters. The Balaban J connectivity index is 2.07.